The molecule has 60 heavy (non-hydrogen) atoms. The summed E-state index contributed by atoms with van der Waals surface area (Å²) in [4.78, 5) is 17.4. The number of nitrogen functional groups attached to an aromatic ring is 1. The molecule has 3 atom stereocenters. The smallest absolute Gasteiger partial charge is 0.420 e. The normalized spacial score (nSPS) is 21.5. The maximum absolute atomic E-state index is 17.8. The molecule has 0 spiro atoms. The minimum Gasteiger partial charge on any atom is -0.490 e. The number of nitriles is 1. The van der Waals surface area contributed by atoms with E-state index in [4.69, 9.17) is 24.9 Å². The zero-order chi connectivity index (χ0) is 41.9. The molecule has 5 aromatic rings. The number of alkyl halides is 4. The number of aromatic nitrogens is 3. The highest BCUT2D eigenvalue weighted by atomic mass is 32.1. The van der Waals surface area contributed by atoms with Crippen LogP contribution in [0.5, 0.6) is 11.8 Å². The Labute approximate surface area is 345 Å². The van der Waals surface area contributed by atoms with Gasteiger partial charge in [0.05, 0.1) is 33.8 Å². The number of fused-ring (bicyclic) bond motifs is 2. The predicted octanol–water partition coefficient (Wildman–Crippen LogP) is 8.80. The molecule has 3 aromatic heterocycles. The van der Waals surface area contributed by atoms with Crippen LogP contribution in [0, 0.1) is 28.9 Å². The Hall–Kier alpha value is -5.12. The number of nitrogens with one attached hydrogen (secondary N) is 1. The van der Waals surface area contributed by atoms with Gasteiger partial charge in [-0.05, 0) is 68.7 Å². The molecule has 0 bridgehead atoms. The van der Waals surface area contributed by atoms with E-state index in [1.807, 2.05) is 11.0 Å². The second-order valence-corrected chi connectivity index (χ2v) is 17.0. The number of hydrogen-bond donors (Lipinski definition) is 2. The van der Waals surface area contributed by atoms with E-state index in [-0.39, 0.29) is 82.0 Å². The molecule has 4 aliphatic rings. The molecular formula is C42H42F6N8O3S. The Morgan fingerprint density at radius 2 is 1.95 bits per heavy atom. The van der Waals surface area contributed by atoms with Crippen LogP contribution in [0.2, 0.25) is 0 Å². The van der Waals surface area contributed by atoms with E-state index in [9.17, 15) is 9.65 Å². The highest BCUT2D eigenvalue weighted by Gasteiger charge is 2.50. The lowest BCUT2D eigenvalue weighted by Gasteiger charge is -2.34. The molecule has 316 valence electrons. The van der Waals surface area contributed by atoms with Crippen molar-refractivity contribution in [3.05, 3.63) is 58.8 Å². The summed E-state index contributed by atoms with van der Waals surface area (Å²) in [6.45, 7) is 1.83. The quantitative estimate of drug-likeness (QED) is 0.131. The molecule has 3 N–H and O–H groups in total. The molecule has 0 amide bonds. The lowest BCUT2D eigenvalue weighted by atomic mass is 9.89. The number of pyridine rings is 1. The summed E-state index contributed by atoms with van der Waals surface area (Å²) in [5.74, 6) is -2.44. The van der Waals surface area contributed by atoms with Gasteiger partial charge in [-0.25, -0.2) is 18.2 Å². The second-order valence-electron chi connectivity index (χ2n) is 15.9. The molecule has 11 nitrogen and oxygen atoms in total. The van der Waals surface area contributed by atoms with Crippen LogP contribution in [0.15, 0.2) is 30.5 Å². The fourth-order valence-electron chi connectivity index (χ4n) is 9.79. The Morgan fingerprint density at radius 3 is 2.70 bits per heavy atom. The fourth-order valence-corrected chi connectivity index (χ4v) is 10.8. The van der Waals surface area contributed by atoms with Gasteiger partial charge in [-0.2, -0.15) is 28.4 Å². The number of ether oxygens (including phenoxy) is 3. The van der Waals surface area contributed by atoms with Crippen molar-refractivity contribution in [2.24, 2.45) is 5.92 Å². The summed E-state index contributed by atoms with van der Waals surface area (Å²) in [5.41, 5.74) is 3.01. The van der Waals surface area contributed by atoms with E-state index >= 15 is 22.0 Å². The van der Waals surface area contributed by atoms with Crippen LogP contribution in [-0.4, -0.2) is 84.7 Å². The number of halogens is 6. The van der Waals surface area contributed by atoms with Gasteiger partial charge in [0.15, 0.2) is 5.82 Å². The third-order valence-electron chi connectivity index (χ3n) is 12.6. The largest absolute Gasteiger partial charge is 0.490 e. The predicted molar refractivity (Wildman–Crippen MR) is 215 cm³/mol. The second kappa shape index (κ2) is 15.7. The molecule has 9 rings (SSSR count). The molecule has 0 saturated carbocycles. The zero-order valence-electron chi connectivity index (χ0n) is 32.7. The van der Waals surface area contributed by atoms with Crippen molar-refractivity contribution >= 4 is 49.0 Å². The number of thiophene rings is 1. The molecule has 3 fully saturated rings. The topological polar surface area (TPSA) is 135 Å². The molecule has 0 unspecified atom stereocenters. The monoisotopic (exact) mass is 852 g/mol. The highest BCUT2D eigenvalue weighted by molar-refractivity contribution is 7.23. The SMILES string of the molecule is CNc1sc2c(F)ccc(-c3c(C(F)(F)F)c4c5c(nc(OC[C@@]67CCCN6C[C@H](F)C7)nc5c3F)N([C@H](CCC3CCOCC3)c3cccnc3N)CCO4)c2c1C#N. The number of anilines is 3. The Morgan fingerprint density at radius 1 is 1.13 bits per heavy atom. The van der Waals surface area contributed by atoms with E-state index in [0.717, 1.165) is 42.7 Å². The molecular weight excluding hydrogens is 811 g/mol. The maximum Gasteiger partial charge on any atom is 0.420 e. The van der Waals surface area contributed by atoms with Gasteiger partial charge in [-0.15, -0.1) is 11.3 Å². The van der Waals surface area contributed by atoms with Crippen molar-refractivity contribution < 1.29 is 40.6 Å². The van der Waals surface area contributed by atoms with Crippen molar-refractivity contribution in [2.75, 3.05) is 69.1 Å². The third-order valence-corrected chi connectivity index (χ3v) is 13.8. The van der Waals surface area contributed by atoms with E-state index in [0.29, 0.717) is 50.5 Å². The Balaban J connectivity index is 1.30. The average molecular weight is 853 g/mol. The molecule has 3 saturated heterocycles. The number of rotatable bonds is 10. The third kappa shape index (κ3) is 6.88. The van der Waals surface area contributed by atoms with Crippen LogP contribution < -0.4 is 25.4 Å². The summed E-state index contributed by atoms with van der Waals surface area (Å²) in [7, 11) is 1.49. The Kier molecular flexibility index (Phi) is 10.6. The van der Waals surface area contributed by atoms with Crippen LogP contribution in [0.25, 0.3) is 32.1 Å². The van der Waals surface area contributed by atoms with Gasteiger partial charge in [-0.1, -0.05) is 12.1 Å². The van der Waals surface area contributed by atoms with Crippen molar-refractivity contribution in [3.8, 4) is 29.0 Å². The summed E-state index contributed by atoms with van der Waals surface area (Å²) in [6.07, 6.45) is -0.198. The van der Waals surface area contributed by atoms with Gasteiger partial charge < -0.3 is 30.2 Å². The van der Waals surface area contributed by atoms with Gasteiger partial charge in [0.25, 0.3) is 0 Å². The fraction of sp³-hybridized carbons (Fsp3) is 0.476. The lowest BCUT2D eigenvalue weighted by molar-refractivity contribution is -0.138. The first-order valence-corrected chi connectivity index (χ1v) is 20.9. The van der Waals surface area contributed by atoms with E-state index < -0.39 is 58.0 Å². The van der Waals surface area contributed by atoms with E-state index in [1.54, 1.807) is 23.2 Å². The average Bonchev–Trinajstić information content (AvgIpc) is 3.86. The maximum atomic E-state index is 17.8. The summed E-state index contributed by atoms with van der Waals surface area (Å²) in [6, 6.07) is 6.56. The van der Waals surface area contributed by atoms with Crippen molar-refractivity contribution in [2.45, 2.75) is 68.9 Å². The zero-order valence-corrected chi connectivity index (χ0v) is 33.5. The first-order chi connectivity index (χ1) is 28.9. The van der Waals surface area contributed by atoms with Crippen molar-refractivity contribution in [1.29, 1.82) is 5.26 Å². The minimum absolute atomic E-state index is 0.00204. The van der Waals surface area contributed by atoms with E-state index in [1.165, 1.54) is 7.05 Å². The Bertz CT molecular complexity index is 2510. The molecule has 2 aromatic carbocycles. The minimum atomic E-state index is -5.23. The first-order valence-electron chi connectivity index (χ1n) is 20.1. The molecule has 0 radical (unpaired) electrons. The van der Waals surface area contributed by atoms with Crippen LogP contribution in [0.4, 0.5) is 43.0 Å². The summed E-state index contributed by atoms with van der Waals surface area (Å²) < 4.78 is 113. The van der Waals surface area contributed by atoms with E-state index in [2.05, 4.69) is 15.3 Å². The van der Waals surface area contributed by atoms with Gasteiger partial charge in [0.2, 0.25) is 0 Å². The number of hydrogen-bond acceptors (Lipinski definition) is 12. The van der Waals surface area contributed by atoms with Crippen molar-refractivity contribution in [1.82, 2.24) is 19.9 Å². The number of nitrogens with two attached hydrogens (primary N) is 1. The van der Waals surface area contributed by atoms with Crippen LogP contribution in [-0.2, 0) is 10.9 Å². The molecule has 7 heterocycles. The van der Waals surface area contributed by atoms with Crippen LogP contribution in [0.1, 0.15) is 67.7 Å². The molecule has 0 aliphatic carbocycles. The van der Waals surface area contributed by atoms with Gasteiger partial charge in [0.1, 0.15) is 64.7 Å². The van der Waals surface area contributed by atoms with Gasteiger partial charge >= 0.3 is 12.2 Å². The standard InChI is InChI=1S/C42H42F6N8O3S/c1-51-39-26(19-49)29-25(6-7-27(44)36(29)60-39)30-32(42(46,47)48)35-31-34(33(30)45)53-40(59-21-41-11-3-13-55(41)20-23(43)18-41)54-38(31)56(14-17-58-35)28(24-4-2-12-52-37(24)50)8-5-22-9-15-57-16-10-22/h2,4,6-7,12,22-23,28,51H,3,5,8-11,13-18,20-21H2,1H3,(H2,50,52)/t23-,28-,41+/m1/s1. The summed E-state index contributed by atoms with van der Waals surface area (Å²) in [5, 5.41) is 12.7. The van der Waals surface area contributed by atoms with Crippen molar-refractivity contribution in [3.63, 3.8) is 0 Å². The first kappa shape index (κ1) is 40.3. The van der Waals surface area contributed by atoms with Gasteiger partial charge in [0, 0.05) is 55.9 Å². The van der Waals surface area contributed by atoms with Gasteiger partial charge in [-0.3, -0.25) is 4.90 Å². The number of benzene rings is 2. The lowest BCUT2D eigenvalue weighted by Crippen LogP contribution is -2.43. The summed E-state index contributed by atoms with van der Waals surface area (Å²) >= 11 is 0.830. The van der Waals surface area contributed by atoms with Crippen LogP contribution >= 0.6 is 11.3 Å². The molecule has 18 heteroatoms. The molecule has 4 aliphatic heterocycles. The number of nitrogens with zero attached hydrogens (tertiary/aromatic N) is 6. The highest BCUT2D eigenvalue weighted by Crippen LogP contribution is 2.54. The van der Waals surface area contributed by atoms with Crippen LogP contribution in [0.3, 0.4) is 0 Å².